The maximum Gasteiger partial charge on any atom is 0.177 e. The topological polar surface area (TPSA) is 78.9 Å². The fourth-order valence-electron chi connectivity index (χ4n) is 1.29. The normalized spacial score (nSPS) is 10.2. The maximum absolute atomic E-state index is 11.8. The number of rotatable bonds is 4. The standard InChI is InChI=1S/C11H15N3OS/c1-4-14-11-7(5-12)8(13)10(16-11)9(15)6(2)3/h6,14H,4,13H2,1-3H3. The van der Waals surface area contributed by atoms with Gasteiger partial charge in [-0.2, -0.15) is 5.26 Å². The molecule has 0 aliphatic carbocycles. The zero-order valence-corrected chi connectivity index (χ0v) is 10.4. The van der Waals surface area contributed by atoms with Crippen molar-refractivity contribution in [2.24, 2.45) is 5.92 Å². The van der Waals surface area contributed by atoms with Gasteiger partial charge in [0.05, 0.1) is 10.6 Å². The molecule has 0 aliphatic rings. The summed E-state index contributed by atoms with van der Waals surface area (Å²) in [6, 6.07) is 2.03. The Morgan fingerprint density at radius 3 is 2.69 bits per heavy atom. The predicted molar refractivity (Wildman–Crippen MR) is 66.8 cm³/mol. The van der Waals surface area contributed by atoms with E-state index in [-0.39, 0.29) is 11.7 Å². The second kappa shape index (κ2) is 4.99. The van der Waals surface area contributed by atoms with Crippen molar-refractivity contribution >= 4 is 27.8 Å². The molecule has 0 aliphatic heterocycles. The average Bonchev–Trinajstić information content (AvgIpc) is 2.54. The Balaban J connectivity index is 3.23. The van der Waals surface area contributed by atoms with Crippen LogP contribution < -0.4 is 11.1 Å². The van der Waals surface area contributed by atoms with Crippen molar-refractivity contribution in [1.82, 2.24) is 0 Å². The van der Waals surface area contributed by atoms with E-state index in [2.05, 4.69) is 5.32 Å². The first-order valence-corrected chi connectivity index (χ1v) is 5.95. The van der Waals surface area contributed by atoms with Crippen LogP contribution in [0.25, 0.3) is 0 Å². The molecule has 0 spiro atoms. The lowest BCUT2D eigenvalue weighted by molar-refractivity contribution is 0.0944. The molecular formula is C11H15N3OS. The fourth-order valence-corrected chi connectivity index (χ4v) is 2.51. The van der Waals surface area contributed by atoms with Crippen LogP contribution in [0.2, 0.25) is 0 Å². The molecule has 5 heteroatoms. The molecule has 0 amide bonds. The first kappa shape index (κ1) is 12.5. The number of ketones is 1. The Morgan fingerprint density at radius 2 is 2.25 bits per heavy atom. The van der Waals surface area contributed by atoms with E-state index in [0.717, 1.165) is 0 Å². The van der Waals surface area contributed by atoms with Gasteiger partial charge in [0.1, 0.15) is 16.6 Å². The summed E-state index contributed by atoms with van der Waals surface area (Å²) in [5.41, 5.74) is 6.50. The Bertz CT molecular complexity index is 443. The predicted octanol–water partition coefficient (Wildman–Crippen LogP) is 2.47. The van der Waals surface area contributed by atoms with Gasteiger partial charge in [0, 0.05) is 12.5 Å². The molecule has 86 valence electrons. The van der Waals surface area contributed by atoms with E-state index < -0.39 is 0 Å². The fraction of sp³-hybridized carbons (Fsp3) is 0.455. The number of anilines is 2. The largest absolute Gasteiger partial charge is 0.396 e. The van der Waals surface area contributed by atoms with Crippen LogP contribution in [-0.2, 0) is 0 Å². The summed E-state index contributed by atoms with van der Waals surface area (Å²) in [5.74, 6) is -0.120. The molecule has 0 radical (unpaired) electrons. The number of Topliss-reactive ketones (excluding diaryl/α,β-unsaturated/α-hetero) is 1. The van der Waals surface area contributed by atoms with Crippen LogP contribution in [0.4, 0.5) is 10.7 Å². The summed E-state index contributed by atoms with van der Waals surface area (Å²) < 4.78 is 0. The van der Waals surface area contributed by atoms with Crippen LogP contribution >= 0.6 is 11.3 Å². The van der Waals surface area contributed by atoms with Crippen molar-refractivity contribution in [2.75, 3.05) is 17.6 Å². The monoisotopic (exact) mass is 237 g/mol. The number of carbonyl (C=O) groups is 1. The minimum Gasteiger partial charge on any atom is -0.396 e. The van der Waals surface area contributed by atoms with Crippen molar-refractivity contribution in [3.05, 3.63) is 10.4 Å². The molecule has 0 aromatic carbocycles. The number of nitrogens with two attached hydrogens (primary N) is 1. The molecule has 0 fully saturated rings. The smallest absolute Gasteiger partial charge is 0.177 e. The highest BCUT2D eigenvalue weighted by Gasteiger charge is 2.22. The number of nitriles is 1. The van der Waals surface area contributed by atoms with E-state index in [9.17, 15) is 4.79 Å². The quantitative estimate of drug-likeness (QED) is 0.788. The molecule has 0 saturated heterocycles. The van der Waals surface area contributed by atoms with E-state index in [1.807, 2.05) is 26.8 Å². The van der Waals surface area contributed by atoms with Gasteiger partial charge in [-0.05, 0) is 6.92 Å². The maximum atomic E-state index is 11.8. The number of nitrogens with one attached hydrogen (secondary N) is 1. The highest BCUT2D eigenvalue weighted by atomic mass is 32.1. The third-order valence-corrected chi connectivity index (χ3v) is 3.32. The third kappa shape index (κ3) is 2.17. The van der Waals surface area contributed by atoms with Gasteiger partial charge in [0.2, 0.25) is 0 Å². The number of thiophene rings is 1. The van der Waals surface area contributed by atoms with Crippen molar-refractivity contribution in [3.63, 3.8) is 0 Å². The van der Waals surface area contributed by atoms with Gasteiger partial charge in [-0.1, -0.05) is 13.8 Å². The molecule has 16 heavy (non-hydrogen) atoms. The van der Waals surface area contributed by atoms with Gasteiger partial charge in [-0.3, -0.25) is 4.79 Å². The van der Waals surface area contributed by atoms with Crippen LogP contribution in [0.5, 0.6) is 0 Å². The summed E-state index contributed by atoms with van der Waals surface area (Å²) in [4.78, 5) is 12.3. The number of hydrogen-bond acceptors (Lipinski definition) is 5. The van der Waals surface area contributed by atoms with Crippen molar-refractivity contribution < 1.29 is 4.79 Å². The van der Waals surface area contributed by atoms with Gasteiger partial charge >= 0.3 is 0 Å². The molecule has 0 atom stereocenters. The molecule has 1 rings (SSSR count). The van der Waals surface area contributed by atoms with Gasteiger partial charge in [0.15, 0.2) is 5.78 Å². The number of hydrogen-bond donors (Lipinski definition) is 2. The van der Waals surface area contributed by atoms with E-state index >= 15 is 0 Å². The van der Waals surface area contributed by atoms with Crippen LogP contribution in [0.15, 0.2) is 0 Å². The van der Waals surface area contributed by atoms with E-state index in [4.69, 9.17) is 11.0 Å². The zero-order chi connectivity index (χ0) is 12.3. The van der Waals surface area contributed by atoms with Crippen molar-refractivity contribution in [3.8, 4) is 6.07 Å². The molecule has 4 nitrogen and oxygen atoms in total. The Hall–Kier alpha value is -1.54. The van der Waals surface area contributed by atoms with E-state index in [1.165, 1.54) is 11.3 Å². The summed E-state index contributed by atoms with van der Waals surface area (Å²) in [7, 11) is 0. The second-order valence-corrected chi connectivity index (χ2v) is 4.73. The van der Waals surface area contributed by atoms with Crippen molar-refractivity contribution in [1.29, 1.82) is 5.26 Å². The molecule has 0 bridgehead atoms. The molecular weight excluding hydrogens is 222 g/mol. The van der Waals surface area contributed by atoms with Gasteiger partial charge in [-0.25, -0.2) is 0 Å². The average molecular weight is 237 g/mol. The SMILES string of the molecule is CCNc1sc(C(=O)C(C)C)c(N)c1C#N. The number of carbonyl (C=O) groups excluding carboxylic acids is 1. The first-order chi connectivity index (χ1) is 7.52. The second-order valence-electron chi connectivity index (χ2n) is 3.71. The molecule has 1 aromatic rings. The van der Waals surface area contributed by atoms with E-state index in [1.54, 1.807) is 0 Å². The molecule has 3 N–H and O–H groups in total. The minimum atomic E-state index is -0.109. The Labute approximate surface area is 99.1 Å². The molecule has 1 aromatic heterocycles. The van der Waals surface area contributed by atoms with E-state index in [0.29, 0.717) is 27.7 Å². The van der Waals surface area contributed by atoms with Gasteiger partial charge < -0.3 is 11.1 Å². The van der Waals surface area contributed by atoms with Gasteiger partial charge in [-0.15, -0.1) is 11.3 Å². The molecule has 1 heterocycles. The lowest BCUT2D eigenvalue weighted by Crippen LogP contribution is -2.07. The lowest BCUT2D eigenvalue weighted by atomic mass is 10.1. The Kier molecular flexibility index (Phi) is 3.91. The Morgan fingerprint density at radius 1 is 1.62 bits per heavy atom. The lowest BCUT2D eigenvalue weighted by Gasteiger charge is -2.01. The zero-order valence-electron chi connectivity index (χ0n) is 9.63. The van der Waals surface area contributed by atoms with Gasteiger partial charge in [0.25, 0.3) is 0 Å². The summed E-state index contributed by atoms with van der Waals surface area (Å²) in [6.07, 6.45) is 0. The molecule has 0 unspecified atom stereocenters. The summed E-state index contributed by atoms with van der Waals surface area (Å²) in [5, 5.41) is 12.7. The first-order valence-electron chi connectivity index (χ1n) is 5.13. The minimum absolute atomic E-state index is 0.0110. The third-order valence-electron chi connectivity index (χ3n) is 2.14. The van der Waals surface area contributed by atoms with Crippen LogP contribution in [0.3, 0.4) is 0 Å². The number of nitrogens with zero attached hydrogens (tertiary/aromatic N) is 1. The number of nitrogen functional groups attached to an aromatic ring is 1. The summed E-state index contributed by atoms with van der Waals surface area (Å²) >= 11 is 1.26. The van der Waals surface area contributed by atoms with Crippen LogP contribution in [0.1, 0.15) is 36.0 Å². The highest BCUT2D eigenvalue weighted by molar-refractivity contribution is 7.19. The van der Waals surface area contributed by atoms with Crippen LogP contribution in [-0.4, -0.2) is 12.3 Å². The molecule has 0 saturated carbocycles. The van der Waals surface area contributed by atoms with Crippen molar-refractivity contribution in [2.45, 2.75) is 20.8 Å². The highest BCUT2D eigenvalue weighted by Crippen LogP contribution is 2.36. The summed E-state index contributed by atoms with van der Waals surface area (Å²) in [6.45, 7) is 6.27. The van der Waals surface area contributed by atoms with Crippen LogP contribution in [0, 0.1) is 17.2 Å².